The van der Waals surface area contributed by atoms with Gasteiger partial charge < -0.3 is 10.6 Å². The molecule has 0 saturated carbocycles. The van der Waals surface area contributed by atoms with E-state index in [2.05, 4.69) is 4.98 Å². The standard InChI is InChI=1S/C12H15F3N4/c1-19(6-12(13,14)15)11-8(10(16)17)5-7-3-2-4-9(7)18-11/h5H,2-4,6H2,1H3,(H3,16,17). The van der Waals surface area contributed by atoms with Crippen molar-refractivity contribution in [2.45, 2.75) is 25.4 Å². The molecule has 1 aliphatic carbocycles. The Bertz CT molecular complexity index is 510. The summed E-state index contributed by atoms with van der Waals surface area (Å²) in [5, 5.41) is 7.49. The molecule has 0 amide bonds. The van der Waals surface area contributed by atoms with Crippen molar-refractivity contribution in [2.75, 3.05) is 18.5 Å². The first kappa shape index (κ1) is 13.6. The lowest BCUT2D eigenvalue weighted by Crippen LogP contribution is -2.33. The number of rotatable bonds is 3. The molecule has 0 radical (unpaired) electrons. The van der Waals surface area contributed by atoms with Gasteiger partial charge in [0.05, 0.1) is 5.56 Å². The SMILES string of the molecule is CN(CC(F)(F)F)c1nc2c(cc1C(=N)N)CCC2. The summed E-state index contributed by atoms with van der Waals surface area (Å²) in [6, 6.07) is 1.69. The highest BCUT2D eigenvalue weighted by atomic mass is 19.4. The summed E-state index contributed by atoms with van der Waals surface area (Å²) in [5.74, 6) is -0.128. The van der Waals surface area contributed by atoms with Crippen LogP contribution in [0.4, 0.5) is 19.0 Å². The van der Waals surface area contributed by atoms with E-state index in [1.165, 1.54) is 7.05 Å². The van der Waals surface area contributed by atoms with Crippen LogP contribution in [0.5, 0.6) is 0 Å². The van der Waals surface area contributed by atoms with Crippen LogP contribution >= 0.6 is 0 Å². The maximum atomic E-state index is 12.4. The molecule has 0 spiro atoms. The highest BCUT2D eigenvalue weighted by molar-refractivity contribution is 5.99. The molecule has 1 aromatic heterocycles. The molecule has 7 heteroatoms. The van der Waals surface area contributed by atoms with Crippen LogP contribution in [0.2, 0.25) is 0 Å². The number of nitrogens with zero attached hydrogens (tertiary/aromatic N) is 2. The van der Waals surface area contributed by atoms with Crippen molar-refractivity contribution in [3.63, 3.8) is 0 Å². The van der Waals surface area contributed by atoms with E-state index < -0.39 is 12.7 Å². The molecular weight excluding hydrogens is 257 g/mol. The molecule has 0 aromatic carbocycles. The zero-order valence-electron chi connectivity index (χ0n) is 10.5. The second-order valence-corrected chi connectivity index (χ2v) is 4.70. The third-order valence-corrected chi connectivity index (χ3v) is 3.10. The quantitative estimate of drug-likeness (QED) is 0.652. The van der Waals surface area contributed by atoms with Crippen molar-refractivity contribution >= 4 is 11.7 Å². The predicted molar refractivity (Wildman–Crippen MR) is 66.6 cm³/mol. The predicted octanol–water partition coefficient (Wildman–Crippen LogP) is 1.85. The van der Waals surface area contributed by atoms with Gasteiger partial charge in [-0.15, -0.1) is 0 Å². The molecule has 0 unspecified atom stereocenters. The number of hydrogen-bond donors (Lipinski definition) is 2. The van der Waals surface area contributed by atoms with Gasteiger partial charge in [0, 0.05) is 12.7 Å². The largest absolute Gasteiger partial charge is 0.405 e. The summed E-state index contributed by atoms with van der Waals surface area (Å²) in [4.78, 5) is 5.26. The number of nitrogens with one attached hydrogen (secondary N) is 1. The van der Waals surface area contributed by atoms with Gasteiger partial charge >= 0.3 is 6.18 Å². The van der Waals surface area contributed by atoms with Crippen molar-refractivity contribution < 1.29 is 13.2 Å². The van der Waals surface area contributed by atoms with Crippen LogP contribution in [-0.2, 0) is 12.8 Å². The molecule has 0 bridgehead atoms. The average molecular weight is 272 g/mol. The molecule has 0 saturated heterocycles. The van der Waals surface area contributed by atoms with Crippen LogP contribution in [0, 0.1) is 5.41 Å². The molecular formula is C12H15F3N4. The molecule has 1 aromatic rings. The number of nitrogens with two attached hydrogens (primary N) is 1. The summed E-state index contributed by atoms with van der Waals surface area (Å²) in [6.07, 6.45) is -1.78. The Morgan fingerprint density at radius 2 is 2.16 bits per heavy atom. The summed E-state index contributed by atoms with van der Waals surface area (Å²) in [5.41, 5.74) is 7.51. The van der Waals surface area contributed by atoms with Gasteiger partial charge in [0.2, 0.25) is 0 Å². The van der Waals surface area contributed by atoms with Gasteiger partial charge in [-0.05, 0) is 30.9 Å². The van der Waals surface area contributed by atoms with Crippen molar-refractivity contribution in [1.82, 2.24) is 4.98 Å². The number of nitrogen functional groups attached to an aromatic ring is 1. The molecule has 0 atom stereocenters. The highest BCUT2D eigenvalue weighted by Crippen LogP contribution is 2.28. The zero-order chi connectivity index (χ0) is 14.2. The van der Waals surface area contributed by atoms with E-state index in [9.17, 15) is 13.2 Å². The summed E-state index contributed by atoms with van der Waals surface area (Å²) >= 11 is 0. The topological polar surface area (TPSA) is 66.0 Å². The average Bonchev–Trinajstić information content (AvgIpc) is 2.71. The number of anilines is 1. The first-order valence-electron chi connectivity index (χ1n) is 5.93. The van der Waals surface area contributed by atoms with Crippen molar-refractivity contribution in [1.29, 1.82) is 5.41 Å². The van der Waals surface area contributed by atoms with E-state index in [1.807, 2.05) is 0 Å². The second-order valence-electron chi connectivity index (χ2n) is 4.70. The lowest BCUT2D eigenvalue weighted by atomic mass is 10.1. The molecule has 19 heavy (non-hydrogen) atoms. The molecule has 104 valence electrons. The van der Waals surface area contributed by atoms with Gasteiger partial charge in [0.15, 0.2) is 0 Å². The van der Waals surface area contributed by atoms with Crippen LogP contribution in [0.1, 0.15) is 23.2 Å². The molecule has 1 heterocycles. The number of pyridine rings is 1. The summed E-state index contributed by atoms with van der Waals surface area (Å²) in [7, 11) is 1.31. The Labute approximate surface area is 108 Å². The normalized spacial score (nSPS) is 14.3. The number of amidine groups is 1. The maximum absolute atomic E-state index is 12.4. The van der Waals surface area contributed by atoms with Crippen LogP contribution < -0.4 is 10.6 Å². The lowest BCUT2D eigenvalue weighted by molar-refractivity contribution is -0.119. The Morgan fingerprint density at radius 3 is 2.74 bits per heavy atom. The lowest BCUT2D eigenvalue weighted by Gasteiger charge is -2.23. The fourth-order valence-electron chi connectivity index (χ4n) is 2.29. The smallest absolute Gasteiger partial charge is 0.384 e. The van der Waals surface area contributed by atoms with E-state index in [0.29, 0.717) is 0 Å². The maximum Gasteiger partial charge on any atom is 0.405 e. The van der Waals surface area contributed by atoms with E-state index in [-0.39, 0.29) is 17.2 Å². The highest BCUT2D eigenvalue weighted by Gasteiger charge is 2.31. The number of hydrogen-bond acceptors (Lipinski definition) is 3. The monoisotopic (exact) mass is 272 g/mol. The van der Waals surface area contributed by atoms with Gasteiger partial charge in [-0.2, -0.15) is 13.2 Å². The van der Waals surface area contributed by atoms with Gasteiger partial charge in [-0.1, -0.05) is 0 Å². The molecule has 1 aliphatic rings. The van der Waals surface area contributed by atoms with Crippen LogP contribution in [0.3, 0.4) is 0 Å². The van der Waals surface area contributed by atoms with Crippen molar-refractivity contribution in [3.8, 4) is 0 Å². The van der Waals surface area contributed by atoms with Gasteiger partial charge in [-0.25, -0.2) is 4.98 Å². The Morgan fingerprint density at radius 1 is 1.47 bits per heavy atom. The first-order chi connectivity index (χ1) is 8.78. The molecule has 0 fully saturated rings. The van der Waals surface area contributed by atoms with E-state index in [1.54, 1.807) is 6.07 Å². The van der Waals surface area contributed by atoms with Crippen LogP contribution in [-0.4, -0.2) is 30.6 Å². The van der Waals surface area contributed by atoms with Crippen molar-refractivity contribution in [3.05, 3.63) is 22.9 Å². The fourth-order valence-corrected chi connectivity index (χ4v) is 2.29. The fraction of sp³-hybridized carbons (Fsp3) is 0.500. The Balaban J connectivity index is 2.40. The zero-order valence-corrected chi connectivity index (χ0v) is 10.5. The third kappa shape index (κ3) is 2.97. The summed E-state index contributed by atoms with van der Waals surface area (Å²) < 4.78 is 37.3. The minimum Gasteiger partial charge on any atom is -0.384 e. The Hall–Kier alpha value is -1.79. The van der Waals surface area contributed by atoms with Gasteiger partial charge in [0.1, 0.15) is 18.2 Å². The number of aryl methyl sites for hydroxylation is 2. The minimum atomic E-state index is -4.32. The van der Waals surface area contributed by atoms with Crippen molar-refractivity contribution in [2.24, 2.45) is 5.73 Å². The number of alkyl halides is 3. The van der Waals surface area contributed by atoms with Crippen LogP contribution in [0.25, 0.3) is 0 Å². The first-order valence-corrected chi connectivity index (χ1v) is 5.93. The Kier molecular flexibility index (Phi) is 3.38. The van der Waals surface area contributed by atoms with Gasteiger partial charge in [0.25, 0.3) is 0 Å². The van der Waals surface area contributed by atoms with E-state index in [0.717, 1.165) is 35.4 Å². The summed E-state index contributed by atoms with van der Waals surface area (Å²) in [6.45, 7) is -1.11. The molecule has 2 rings (SSSR count). The van der Waals surface area contributed by atoms with Crippen LogP contribution in [0.15, 0.2) is 6.07 Å². The molecule has 3 N–H and O–H groups in total. The third-order valence-electron chi connectivity index (χ3n) is 3.10. The number of fused-ring (bicyclic) bond motifs is 1. The van der Waals surface area contributed by atoms with E-state index in [4.69, 9.17) is 11.1 Å². The minimum absolute atomic E-state index is 0.130. The van der Waals surface area contributed by atoms with E-state index >= 15 is 0 Å². The molecule has 0 aliphatic heterocycles. The molecule has 4 nitrogen and oxygen atoms in total. The number of halogens is 3. The van der Waals surface area contributed by atoms with Gasteiger partial charge in [-0.3, -0.25) is 5.41 Å². The number of aromatic nitrogens is 1. The second kappa shape index (κ2) is 4.71.